The Kier molecular flexibility index (Phi) is 4.63. The number of carbonyl (C=O) groups excluding carboxylic acids is 2. The van der Waals surface area contributed by atoms with Gasteiger partial charge in [-0.3, -0.25) is 9.59 Å². The SMILES string of the molecule is CC(=O)OC(C)C(=O)[C@]1(C)CC[C@H]2[C@@H]3CCC4=CCCCC4=C3CC[C@@]21C. The van der Waals surface area contributed by atoms with Crippen molar-refractivity contribution < 1.29 is 14.3 Å². The van der Waals surface area contributed by atoms with Crippen LogP contribution in [-0.4, -0.2) is 17.9 Å². The maximum Gasteiger partial charge on any atom is 0.303 e. The highest BCUT2D eigenvalue weighted by atomic mass is 16.5. The van der Waals surface area contributed by atoms with Gasteiger partial charge in [-0.15, -0.1) is 0 Å². The minimum absolute atomic E-state index is 0.0170. The molecule has 148 valence electrons. The molecule has 0 N–H and O–H groups in total. The molecular weight excluding hydrogens is 336 g/mol. The van der Waals surface area contributed by atoms with E-state index in [4.69, 9.17) is 4.74 Å². The van der Waals surface area contributed by atoms with Crippen molar-refractivity contribution in [3.8, 4) is 0 Å². The van der Waals surface area contributed by atoms with Crippen LogP contribution < -0.4 is 0 Å². The third-order valence-electron chi connectivity index (χ3n) is 8.66. The van der Waals surface area contributed by atoms with Crippen molar-refractivity contribution in [2.45, 2.75) is 91.6 Å². The maximum absolute atomic E-state index is 13.4. The van der Waals surface area contributed by atoms with E-state index in [2.05, 4.69) is 19.9 Å². The summed E-state index contributed by atoms with van der Waals surface area (Å²) in [4.78, 5) is 24.7. The summed E-state index contributed by atoms with van der Waals surface area (Å²) in [5.41, 5.74) is 4.69. The van der Waals surface area contributed by atoms with Crippen LogP contribution in [0.3, 0.4) is 0 Å². The molecule has 0 aromatic heterocycles. The van der Waals surface area contributed by atoms with Crippen LogP contribution in [0.15, 0.2) is 22.8 Å². The van der Waals surface area contributed by atoms with E-state index in [9.17, 15) is 9.59 Å². The van der Waals surface area contributed by atoms with Crippen LogP contribution in [-0.2, 0) is 14.3 Å². The first-order valence-corrected chi connectivity index (χ1v) is 10.9. The van der Waals surface area contributed by atoms with Gasteiger partial charge in [0, 0.05) is 12.3 Å². The van der Waals surface area contributed by atoms with Crippen molar-refractivity contribution in [1.82, 2.24) is 0 Å². The number of fused-ring (bicyclic) bond motifs is 4. The normalized spacial score (nSPS) is 39.0. The van der Waals surface area contributed by atoms with Gasteiger partial charge in [-0.25, -0.2) is 0 Å². The third kappa shape index (κ3) is 2.76. The second-order valence-electron chi connectivity index (χ2n) is 9.78. The minimum Gasteiger partial charge on any atom is -0.455 e. The Morgan fingerprint density at radius 1 is 1.15 bits per heavy atom. The molecule has 27 heavy (non-hydrogen) atoms. The van der Waals surface area contributed by atoms with Gasteiger partial charge in [0.05, 0.1) is 0 Å². The summed E-state index contributed by atoms with van der Waals surface area (Å²) < 4.78 is 5.29. The number of ketones is 1. The highest BCUT2D eigenvalue weighted by molar-refractivity contribution is 5.91. The predicted octanol–water partition coefficient (Wildman–Crippen LogP) is 5.54. The Hall–Kier alpha value is -1.38. The standard InChI is InChI=1S/C24H34O3/c1-15(27-16(2)25)22(26)24(4)14-12-21-20-10-9-17-7-5-6-8-18(17)19(20)11-13-23(21,24)3/h7,15,20-21H,5-6,8-14H2,1-4H3/t15?,20-,21+,23+,24+/m1/s1. The molecule has 5 atom stereocenters. The number of carbonyl (C=O) groups is 2. The zero-order chi connectivity index (χ0) is 19.4. The molecule has 0 aliphatic heterocycles. The molecule has 4 aliphatic rings. The molecule has 0 heterocycles. The molecule has 0 aromatic rings. The molecule has 2 saturated carbocycles. The van der Waals surface area contributed by atoms with Crippen LogP contribution >= 0.6 is 0 Å². The van der Waals surface area contributed by atoms with Crippen LogP contribution in [0, 0.1) is 22.7 Å². The molecule has 0 saturated heterocycles. The van der Waals surface area contributed by atoms with Gasteiger partial charge in [-0.2, -0.15) is 0 Å². The molecule has 0 bridgehead atoms. The molecule has 0 spiro atoms. The number of ether oxygens (including phenoxy) is 1. The van der Waals surface area contributed by atoms with Crippen LogP contribution in [0.1, 0.15) is 85.5 Å². The predicted molar refractivity (Wildman–Crippen MR) is 106 cm³/mol. The zero-order valence-corrected chi connectivity index (χ0v) is 17.4. The Morgan fingerprint density at radius 2 is 1.93 bits per heavy atom. The van der Waals surface area contributed by atoms with Crippen LogP contribution in [0.2, 0.25) is 0 Å². The average Bonchev–Trinajstić information content (AvgIpc) is 2.92. The Morgan fingerprint density at radius 3 is 2.67 bits per heavy atom. The summed E-state index contributed by atoms with van der Waals surface area (Å²) in [6, 6.07) is 0. The van der Waals surface area contributed by atoms with E-state index in [0.29, 0.717) is 11.8 Å². The quantitative estimate of drug-likeness (QED) is 0.613. The molecule has 4 aliphatic carbocycles. The summed E-state index contributed by atoms with van der Waals surface area (Å²) in [5, 5.41) is 0. The van der Waals surface area contributed by atoms with Crippen LogP contribution in [0.5, 0.6) is 0 Å². The van der Waals surface area contributed by atoms with E-state index in [1.807, 2.05) is 0 Å². The fraction of sp³-hybridized carbons (Fsp3) is 0.750. The van der Waals surface area contributed by atoms with Gasteiger partial charge in [0.15, 0.2) is 11.9 Å². The van der Waals surface area contributed by atoms with Crippen molar-refractivity contribution in [2.24, 2.45) is 22.7 Å². The van der Waals surface area contributed by atoms with Crippen molar-refractivity contribution in [2.75, 3.05) is 0 Å². The van der Waals surface area contributed by atoms with E-state index in [1.54, 1.807) is 23.6 Å². The molecule has 0 aromatic carbocycles. The summed E-state index contributed by atoms with van der Waals surface area (Å²) in [6.07, 6.45) is 12.4. The van der Waals surface area contributed by atoms with Gasteiger partial charge in [0.2, 0.25) is 0 Å². The lowest BCUT2D eigenvalue weighted by atomic mass is 9.51. The minimum atomic E-state index is -0.637. The molecule has 2 fully saturated rings. The van der Waals surface area contributed by atoms with Crippen LogP contribution in [0.4, 0.5) is 0 Å². The summed E-state index contributed by atoms with van der Waals surface area (Å²) in [6.45, 7) is 7.65. The monoisotopic (exact) mass is 370 g/mol. The number of rotatable bonds is 3. The lowest BCUT2D eigenvalue weighted by Gasteiger charge is -2.52. The topological polar surface area (TPSA) is 43.4 Å². The van der Waals surface area contributed by atoms with Crippen molar-refractivity contribution in [3.05, 3.63) is 22.8 Å². The molecular formula is C24H34O3. The summed E-state index contributed by atoms with van der Waals surface area (Å²) >= 11 is 0. The fourth-order valence-electron chi connectivity index (χ4n) is 7.06. The van der Waals surface area contributed by atoms with E-state index in [0.717, 1.165) is 25.7 Å². The van der Waals surface area contributed by atoms with Crippen molar-refractivity contribution in [1.29, 1.82) is 0 Å². The zero-order valence-electron chi connectivity index (χ0n) is 17.4. The number of Topliss-reactive ketones (excluding diaryl/α,β-unsaturated/α-hetero) is 1. The van der Waals surface area contributed by atoms with E-state index >= 15 is 0 Å². The van der Waals surface area contributed by atoms with E-state index < -0.39 is 6.10 Å². The summed E-state index contributed by atoms with van der Waals surface area (Å²) in [5.74, 6) is 1.02. The number of esters is 1. The van der Waals surface area contributed by atoms with Crippen molar-refractivity contribution in [3.63, 3.8) is 0 Å². The van der Waals surface area contributed by atoms with Gasteiger partial charge >= 0.3 is 5.97 Å². The van der Waals surface area contributed by atoms with Gasteiger partial charge in [0.25, 0.3) is 0 Å². The first-order chi connectivity index (χ1) is 12.8. The molecule has 3 heteroatoms. The van der Waals surface area contributed by atoms with Crippen LogP contribution in [0.25, 0.3) is 0 Å². The Balaban J connectivity index is 1.65. The Labute approximate surface area is 163 Å². The van der Waals surface area contributed by atoms with Gasteiger partial charge in [-0.1, -0.05) is 25.5 Å². The molecule has 1 unspecified atom stereocenters. The second-order valence-corrected chi connectivity index (χ2v) is 9.78. The van der Waals surface area contributed by atoms with Gasteiger partial charge < -0.3 is 4.74 Å². The number of allylic oxidation sites excluding steroid dienone is 4. The molecule has 0 amide bonds. The largest absolute Gasteiger partial charge is 0.455 e. The second kappa shape index (κ2) is 6.60. The number of hydrogen-bond acceptors (Lipinski definition) is 3. The molecule has 4 rings (SSSR count). The van der Waals surface area contributed by atoms with Crippen molar-refractivity contribution >= 4 is 11.8 Å². The highest BCUT2D eigenvalue weighted by Crippen LogP contribution is 2.67. The third-order valence-corrected chi connectivity index (χ3v) is 8.66. The fourth-order valence-corrected chi connectivity index (χ4v) is 7.06. The average molecular weight is 371 g/mol. The lowest BCUT2D eigenvalue weighted by Crippen LogP contribution is -2.50. The first-order valence-electron chi connectivity index (χ1n) is 10.9. The highest BCUT2D eigenvalue weighted by Gasteiger charge is 2.62. The first kappa shape index (κ1) is 19.0. The maximum atomic E-state index is 13.4. The van der Waals surface area contributed by atoms with Gasteiger partial charge in [0.1, 0.15) is 0 Å². The Bertz CT molecular complexity index is 730. The smallest absolute Gasteiger partial charge is 0.303 e. The number of hydrogen-bond donors (Lipinski definition) is 0. The molecule has 0 radical (unpaired) electrons. The van der Waals surface area contributed by atoms with Gasteiger partial charge in [-0.05, 0) is 93.1 Å². The van der Waals surface area contributed by atoms with E-state index in [-0.39, 0.29) is 22.6 Å². The lowest BCUT2D eigenvalue weighted by molar-refractivity contribution is -0.159. The molecule has 3 nitrogen and oxygen atoms in total. The summed E-state index contributed by atoms with van der Waals surface area (Å²) in [7, 11) is 0. The van der Waals surface area contributed by atoms with E-state index in [1.165, 1.54) is 39.0 Å².